The third-order valence-electron chi connectivity index (χ3n) is 2.09. The Hall–Kier alpha value is -1.37. The Morgan fingerprint density at radius 1 is 1.47 bits per heavy atom. The molecule has 0 aliphatic rings. The van der Waals surface area contributed by atoms with Gasteiger partial charge in [-0.15, -0.1) is 11.3 Å². The van der Waals surface area contributed by atoms with Crippen LogP contribution in [0.25, 0.3) is 10.4 Å². The van der Waals surface area contributed by atoms with Gasteiger partial charge in [0.25, 0.3) is 0 Å². The molecule has 0 radical (unpaired) electrons. The van der Waals surface area contributed by atoms with Crippen LogP contribution in [0.15, 0.2) is 23.7 Å². The summed E-state index contributed by atoms with van der Waals surface area (Å²) in [5.74, 6) is 0. The summed E-state index contributed by atoms with van der Waals surface area (Å²) in [5.41, 5.74) is 4.27. The minimum Gasteiger partial charge on any atom is -0.249 e. The lowest BCUT2D eigenvalue weighted by Gasteiger charge is -2.02. The van der Waals surface area contributed by atoms with Gasteiger partial charge in [0.15, 0.2) is 0 Å². The van der Waals surface area contributed by atoms with Gasteiger partial charge in [0.05, 0.1) is 32.7 Å². The van der Waals surface area contributed by atoms with Crippen molar-refractivity contribution in [2.75, 3.05) is 0 Å². The topological polar surface area (TPSA) is 36.7 Å². The van der Waals surface area contributed by atoms with Crippen LogP contribution in [0.1, 0.15) is 11.3 Å². The van der Waals surface area contributed by atoms with Gasteiger partial charge in [-0.2, -0.15) is 5.26 Å². The Labute approximate surface area is 96.8 Å². The molecular weight excluding hydrogens is 228 g/mol. The van der Waals surface area contributed by atoms with E-state index in [0.29, 0.717) is 10.6 Å². The maximum atomic E-state index is 8.72. The monoisotopic (exact) mass is 234 g/mol. The van der Waals surface area contributed by atoms with Crippen molar-refractivity contribution in [3.63, 3.8) is 0 Å². The van der Waals surface area contributed by atoms with Crippen LogP contribution in [0, 0.1) is 18.3 Å². The fourth-order valence-corrected chi connectivity index (χ4v) is 2.50. The van der Waals surface area contributed by atoms with Crippen molar-refractivity contribution in [2.24, 2.45) is 0 Å². The number of benzene rings is 1. The second kappa shape index (κ2) is 4.01. The number of halogens is 1. The van der Waals surface area contributed by atoms with Gasteiger partial charge in [-0.1, -0.05) is 17.7 Å². The van der Waals surface area contributed by atoms with E-state index in [0.717, 1.165) is 16.1 Å². The molecule has 0 saturated heterocycles. The highest BCUT2D eigenvalue weighted by Gasteiger charge is 2.09. The minimum absolute atomic E-state index is 0.575. The molecule has 0 fully saturated rings. The lowest BCUT2D eigenvalue weighted by Crippen LogP contribution is -1.81. The molecule has 4 heteroatoms. The third kappa shape index (κ3) is 1.87. The van der Waals surface area contributed by atoms with Crippen molar-refractivity contribution in [2.45, 2.75) is 6.92 Å². The molecule has 2 rings (SSSR count). The molecule has 1 aromatic carbocycles. The van der Waals surface area contributed by atoms with E-state index in [1.54, 1.807) is 29.0 Å². The zero-order chi connectivity index (χ0) is 10.8. The van der Waals surface area contributed by atoms with E-state index in [2.05, 4.69) is 11.1 Å². The molecule has 2 aromatic rings. The molecular formula is C11H7ClN2S. The highest BCUT2D eigenvalue weighted by molar-refractivity contribution is 7.13. The molecule has 0 N–H and O–H groups in total. The first-order valence-electron chi connectivity index (χ1n) is 4.32. The van der Waals surface area contributed by atoms with E-state index in [1.807, 2.05) is 13.0 Å². The first kappa shape index (κ1) is 10.2. The van der Waals surface area contributed by atoms with Gasteiger partial charge in [0, 0.05) is 5.56 Å². The number of thiazole rings is 1. The number of nitrogens with zero attached hydrogens (tertiary/aromatic N) is 2. The zero-order valence-corrected chi connectivity index (χ0v) is 9.56. The zero-order valence-electron chi connectivity index (χ0n) is 7.99. The Balaban J connectivity index is 2.56. The standard InChI is InChI=1S/C11H7ClN2S/c1-7-11(15-6-14-7)9-3-2-8(5-13)4-10(9)12/h2-4,6H,1H3. The summed E-state index contributed by atoms with van der Waals surface area (Å²) in [6.45, 7) is 1.94. The molecule has 0 spiro atoms. The summed E-state index contributed by atoms with van der Waals surface area (Å²) in [7, 11) is 0. The average molecular weight is 235 g/mol. The van der Waals surface area contributed by atoms with Gasteiger partial charge in [-0.05, 0) is 19.1 Å². The molecule has 1 aromatic heterocycles. The van der Waals surface area contributed by atoms with E-state index in [1.165, 1.54) is 0 Å². The van der Waals surface area contributed by atoms with Crippen molar-refractivity contribution >= 4 is 22.9 Å². The Kier molecular flexibility index (Phi) is 2.72. The van der Waals surface area contributed by atoms with Crippen LogP contribution in [-0.2, 0) is 0 Å². The Bertz CT molecular complexity index is 540. The van der Waals surface area contributed by atoms with E-state index >= 15 is 0 Å². The van der Waals surface area contributed by atoms with Gasteiger partial charge in [0.2, 0.25) is 0 Å². The largest absolute Gasteiger partial charge is 0.249 e. The fourth-order valence-electron chi connectivity index (χ4n) is 1.33. The van der Waals surface area contributed by atoms with E-state index in [4.69, 9.17) is 16.9 Å². The third-order valence-corrected chi connectivity index (χ3v) is 3.36. The number of nitriles is 1. The molecule has 0 saturated carbocycles. The van der Waals surface area contributed by atoms with Gasteiger partial charge >= 0.3 is 0 Å². The van der Waals surface area contributed by atoms with Gasteiger partial charge < -0.3 is 0 Å². The Morgan fingerprint density at radius 2 is 2.27 bits per heavy atom. The number of hydrogen-bond acceptors (Lipinski definition) is 3. The Morgan fingerprint density at radius 3 is 2.80 bits per heavy atom. The van der Waals surface area contributed by atoms with Crippen molar-refractivity contribution in [1.82, 2.24) is 4.98 Å². The maximum absolute atomic E-state index is 8.72. The summed E-state index contributed by atoms with van der Waals surface area (Å²) in [6.07, 6.45) is 0. The molecule has 74 valence electrons. The molecule has 0 unspecified atom stereocenters. The van der Waals surface area contributed by atoms with Crippen LogP contribution in [-0.4, -0.2) is 4.98 Å². The number of rotatable bonds is 1. The van der Waals surface area contributed by atoms with E-state index < -0.39 is 0 Å². The summed E-state index contributed by atoms with van der Waals surface area (Å²) in [4.78, 5) is 5.23. The molecule has 15 heavy (non-hydrogen) atoms. The molecule has 0 atom stereocenters. The SMILES string of the molecule is Cc1ncsc1-c1ccc(C#N)cc1Cl. The van der Waals surface area contributed by atoms with Crippen molar-refractivity contribution in [3.05, 3.63) is 40.0 Å². The summed E-state index contributed by atoms with van der Waals surface area (Å²) in [6, 6.07) is 7.36. The molecule has 0 aliphatic heterocycles. The summed E-state index contributed by atoms with van der Waals surface area (Å²) in [5, 5.41) is 9.32. The number of aromatic nitrogens is 1. The summed E-state index contributed by atoms with van der Waals surface area (Å²) >= 11 is 7.65. The van der Waals surface area contributed by atoms with Gasteiger partial charge in [0.1, 0.15) is 0 Å². The van der Waals surface area contributed by atoms with Crippen LogP contribution in [0.4, 0.5) is 0 Å². The quantitative estimate of drug-likeness (QED) is 0.755. The second-order valence-electron chi connectivity index (χ2n) is 3.07. The van der Waals surface area contributed by atoms with Gasteiger partial charge in [-0.3, -0.25) is 0 Å². The first-order valence-corrected chi connectivity index (χ1v) is 5.58. The normalized spacial score (nSPS) is 9.93. The highest BCUT2D eigenvalue weighted by Crippen LogP contribution is 2.33. The number of hydrogen-bond donors (Lipinski definition) is 0. The maximum Gasteiger partial charge on any atom is 0.0992 e. The van der Waals surface area contributed by atoms with E-state index in [-0.39, 0.29) is 0 Å². The molecule has 0 bridgehead atoms. The fraction of sp³-hybridized carbons (Fsp3) is 0.0909. The van der Waals surface area contributed by atoms with Crippen molar-refractivity contribution in [3.8, 4) is 16.5 Å². The first-order chi connectivity index (χ1) is 7.22. The minimum atomic E-state index is 0.575. The van der Waals surface area contributed by atoms with Crippen LogP contribution in [0.2, 0.25) is 5.02 Å². The van der Waals surface area contributed by atoms with Crippen LogP contribution >= 0.6 is 22.9 Å². The molecule has 2 nitrogen and oxygen atoms in total. The summed E-state index contributed by atoms with van der Waals surface area (Å²) < 4.78 is 0. The van der Waals surface area contributed by atoms with Gasteiger partial charge in [-0.25, -0.2) is 4.98 Å². The molecule has 0 amide bonds. The van der Waals surface area contributed by atoms with Crippen molar-refractivity contribution < 1.29 is 0 Å². The predicted molar refractivity (Wildman–Crippen MR) is 62.0 cm³/mol. The van der Waals surface area contributed by atoms with Crippen molar-refractivity contribution in [1.29, 1.82) is 5.26 Å². The number of aryl methyl sites for hydroxylation is 1. The second-order valence-corrected chi connectivity index (χ2v) is 4.34. The molecule has 0 aliphatic carbocycles. The predicted octanol–water partition coefficient (Wildman–Crippen LogP) is 3.64. The smallest absolute Gasteiger partial charge is 0.0992 e. The van der Waals surface area contributed by atoms with E-state index in [9.17, 15) is 0 Å². The average Bonchev–Trinajstić information content (AvgIpc) is 2.64. The highest BCUT2D eigenvalue weighted by atomic mass is 35.5. The lowest BCUT2D eigenvalue weighted by atomic mass is 10.1. The van der Waals surface area contributed by atoms with Crippen LogP contribution in [0.5, 0.6) is 0 Å². The lowest BCUT2D eigenvalue weighted by molar-refractivity contribution is 1.27. The molecule has 1 heterocycles. The van der Waals surface area contributed by atoms with Crippen LogP contribution in [0.3, 0.4) is 0 Å². The van der Waals surface area contributed by atoms with Crippen LogP contribution < -0.4 is 0 Å².